The fourth-order valence-corrected chi connectivity index (χ4v) is 12.0. The van der Waals surface area contributed by atoms with Gasteiger partial charge < -0.3 is 38.6 Å². The zero-order valence-corrected chi connectivity index (χ0v) is 45.4. The van der Waals surface area contributed by atoms with Crippen molar-refractivity contribution in [3.63, 3.8) is 0 Å². The minimum Gasteiger partial charge on any atom is -0.457 e. The third kappa shape index (κ3) is 15.1. The van der Waals surface area contributed by atoms with Gasteiger partial charge in [-0.2, -0.15) is 0 Å². The summed E-state index contributed by atoms with van der Waals surface area (Å²) >= 11 is 6.83. The molecule has 5 rings (SSSR count). The van der Waals surface area contributed by atoms with Gasteiger partial charge in [-0.05, 0) is 78.0 Å². The molecule has 4 aliphatic heterocycles. The number of halogens is 1. The highest BCUT2D eigenvalue weighted by atomic mass is 35.5. The third-order valence-electron chi connectivity index (χ3n) is 13.9. The van der Waals surface area contributed by atoms with E-state index in [1.807, 2.05) is 45.9 Å². The van der Waals surface area contributed by atoms with Crippen LogP contribution in [0.1, 0.15) is 111 Å². The number of ether oxygens (including phenoxy) is 5. The molecule has 3 saturated heterocycles. The third-order valence-corrected chi connectivity index (χ3v) is 17.8. The fraction of sp³-hybridized carbons (Fsp3) is 0.667. The Bertz CT molecular complexity index is 2230. The Balaban J connectivity index is 1.18. The molecule has 4 bridgehead atoms. The number of benzene rings is 1. The van der Waals surface area contributed by atoms with Gasteiger partial charge in [-0.15, -0.1) is 0 Å². The van der Waals surface area contributed by atoms with Gasteiger partial charge in [-0.1, -0.05) is 76.9 Å². The number of allylic oxidation sites excluding steroid dienone is 3. The Morgan fingerprint density at radius 3 is 2.46 bits per heavy atom. The lowest BCUT2D eigenvalue weighted by atomic mass is 9.83. The molecule has 0 spiro atoms. The number of ketones is 1. The molecule has 0 radical (unpaired) electrons. The molecule has 71 heavy (non-hydrogen) atoms. The van der Waals surface area contributed by atoms with Crippen LogP contribution in [0.4, 0.5) is 10.5 Å². The SMILES string of the molecule is CO[C@@H]1/C=C/C=C(\C)Cc2cc(C)c(Cl)c(c2)N(C)C(=O)C[C@H](OC(=O)[C@H](C)N(C)C(=O)CCC(C)(C)SSCCCC(=O)CCOCCN2C(=O)CC(C)C2=O)[C@]2(C)O[C@H]2[C@H](C)[C@@H]2C[C@@]1(O)NC(=O)O2. The molecule has 1 aromatic carbocycles. The second-order valence-electron chi connectivity index (χ2n) is 20.2. The number of imide groups is 1. The summed E-state index contributed by atoms with van der Waals surface area (Å²) in [5.74, 6) is -1.85. The summed E-state index contributed by atoms with van der Waals surface area (Å²) in [6.45, 7) is 15.3. The van der Waals surface area contributed by atoms with Gasteiger partial charge in [0.2, 0.25) is 23.6 Å². The predicted molar refractivity (Wildman–Crippen MR) is 273 cm³/mol. The van der Waals surface area contributed by atoms with Crippen molar-refractivity contribution in [2.24, 2.45) is 11.8 Å². The number of esters is 1. The Labute approximate surface area is 431 Å². The van der Waals surface area contributed by atoms with Crippen LogP contribution in [-0.4, -0.2) is 150 Å². The van der Waals surface area contributed by atoms with Gasteiger partial charge in [-0.25, -0.2) is 9.59 Å². The average Bonchev–Trinajstić information content (AvgIpc) is 3.94. The summed E-state index contributed by atoms with van der Waals surface area (Å²) in [5, 5.41) is 14.8. The van der Waals surface area contributed by atoms with Crippen LogP contribution in [0.25, 0.3) is 0 Å². The van der Waals surface area contributed by atoms with E-state index in [4.69, 9.17) is 35.3 Å². The quantitative estimate of drug-likeness (QED) is 0.0474. The summed E-state index contributed by atoms with van der Waals surface area (Å²) in [6.07, 6.45) is 3.15. The number of nitrogens with zero attached hydrogens (tertiary/aromatic N) is 3. The lowest BCUT2D eigenvalue weighted by Gasteiger charge is -2.42. The molecule has 394 valence electrons. The first-order valence-electron chi connectivity index (χ1n) is 24.3. The number of hydrogen-bond acceptors (Lipinski definition) is 15. The van der Waals surface area contributed by atoms with E-state index < -0.39 is 65.7 Å². The van der Waals surface area contributed by atoms with Gasteiger partial charge in [0, 0.05) is 75.6 Å². The predicted octanol–water partition coefficient (Wildman–Crippen LogP) is 6.91. The summed E-state index contributed by atoms with van der Waals surface area (Å²) < 4.78 is 29.1. The monoisotopic (exact) mass is 1050 g/mol. The maximum Gasteiger partial charge on any atom is 0.409 e. The van der Waals surface area contributed by atoms with Gasteiger partial charge in [0.1, 0.15) is 35.7 Å². The van der Waals surface area contributed by atoms with Crippen molar-refractivity contribution in [2.45, 2.75) is 160 Å². The molecule has 5 amide bonds. The number of fused-ring (bicyclic) bond motifs is 5. The molecule has 4 aliphatic rings. The maximum absolute atomic E-state index is 14.3. The van der Waals surface area contributed by atoms with Crippen molar-refractivity contribution in [1.29, 1.82) is 0 Å². The van der Waals surface area contributed by atoms with Gasteiger partial charge in [-0.3, -0.25) is 34.2 Å². The first-order chi connectivity index (χ1) is 33.3. The van der Waals surface area contributed by atoms with E-state index in [1.165, 1.54) is 28.9 Å². The molecule has 9 atom stereocenters. The lowest BCUT2D eigenvalue weighted by Crippen LogP contribution is -2.63. The van der Waals surface area contributed by atoms with Crippen LogP contribution in [0.5, 0.6) is 0 Å². The average molecular weight is 1050 g/mol. The number of nitrogens with one attached hydrogen (secondary N) is 1. The van der Waals surface area contributed by atoms with Gasteiger partial charge in [0.15, 0.2) is 5.72 Å². The van der Waals surface area contributed by atoms with Crippen LogP contribution < -0.4 is 10.2 Å². The standard InChI is InChI=1S/C51H73ClN4O13S2/c1-30-14-12-16-39(65-11)51(64)29-38(67-48(63)53-51)33(4)45-50(8,69-45)40(28-42(59)55(10)37-27-35(24-30)25-31(2)44(37)52)68-47(62)34(5)54(9)41(58)17-19-49(6,7)71-70-23-13-15-36(57)18-21-66-22-20-56-43(60)26-32(3)46(56)61/h12,14,16,25,27,32-34,38-40,45,64H,13,15,17-24,26,28-29H2,1-11H3,(H,53,63)/b16-12+,30-14+/t32?,33-,34+,38+,39-,40+,45+,50+,51+/m1/s1. The zero-order valence-electron chi connectivity index (χ0n) is 43.0. The fourth-order valence-electron chi connectivity index (χ4n) is 9.06. The topological polar surface area (TPSA) is 211 Å². The Morgan fingerprint density at radius 2 is 1.79 bits per heavy atom. The molecule has 20 heteroatoms. The minimum absolute atomic E-state index is 0.0650. The molecule has 0 aromatic heterocycles. The van der Waals surface area contributed by atoms with Crippen molar-refractivity contribution in [3.8, 4) is 0 Å². The second kappa shape index (κ2) is 24.8. The number of carbonyl (C=O) groups is 7. The minimum atomic E-state index is -1.84. The number of methoxy groups -OCH3 is 1. The van der Waals surface area contributed by atoms with E-state index in [-0.39, 0.29) is 86.0 Å². The number of carbonyl (C=O) groups excluding carboxylic acids is 7. The molecule has 1 aromatic rings. The van der Waals surface area contributed by atoms with Crippen molar-refractivity contribution >= 4 is 80.4 Å². The number of amides is 5. The molecule has 17 nitrogen and oxygen atoms in total. The molecule has 0 saturated carbocycles. The number of Topliss-reactive ketones (excluding diaryl/α,β-unsaturated/α-hetero) is 1. The molecule has 1 unspecified atom stereocenters. The van der Waals surface area contributed by atoms with Crippen molar-refractivity contribution in [1.82, 2.24) is 15.1 Å². The number of hydrogen-bond donors (Lipinski definition) is 2. The van der Waals surface area contributed by atoms with Crippen LogP contribution in [0, 0.1) is 18.8 Å². The Kier molecular flexibility index (Phi) is 20.3. The zero-order chi connectivity index (χ0) is 52.6. The highest BCUT2D eigenvalue weighted by Crippen LogP contribution is 2.49. The van der Waals surface area contributed by atoms with E-state index in [1.54, 1.807) is 68.5 Å². The Hall–Kier alpha value is -3.98. The van der Waals surface area contributed by atoms with Crippen LogP contribution in [0.3, 0.4) is 0 Å². The summed E-state index contributed by atoms with van der Waals surface area (Å²) in [5.41, 5.74) is 0.00685. The number of likely N-dealkylation sites (tertiary alicyclic amines) is 1. The molecular weight excluding hydrogens is 976 g/mol. The van der Waals surface area contributed by atoms with E-state index in [0.29, 0.717) is 36.4 Å². The normalized spacial score (nSPS) is 28.8. The van der Waals surface area contributed by atoms with Crippen molar-refractivity contribution in [3.05, 3.63) is 52.1 Å². The number of alkyl carbamates (subject to hydrolysis) is 1. The second-order valence-corrected chi connectivity index (χ2v) is 23.7. The van der Waals surface area contributed by atoms with Crippen LogP contribution in [0.2, 0.25) is 5.02 Å². The highest BCUT2D eigenvalue weighted by Gasteiger charge is 2.64. The van der Waals surface area contributed by atoms with Crippen LogP contribution >= 0.6 is 33.2 Å². The number of anilines is 1. The van der Waals surface area contributed by atoms with E-state index in [2.05, 4.69) is 5.32 Å². The van der Waals surface area contributed by atoms with E-state index >= 15 is 0 Å². The molecule has 3 fully saturated rings. The van der Waals surface area contributed by atoms with Crippen molar-refractivity contribution < 1.29 is 62.4 Å². The number of rotatable bonds is 19. The molecule has 2 N–H and O–H groups in total. The van der Waals surface area contributed by atoms with E-state index in [0.717, 1.165) is 22.5 Å². The number of likely N-dealkylation sites (N-methyl/N-ethyl adjacent to an activating group) is 1. The first kappa shape index (κ1) is 57.9. The first-order valence-corrected chi connectivity index (χ1v) is 27.0. The van der Waals surface area contributed by atoms with Crippen LogP contribution in [-0.2, 0) is 58.9 Å². The summed E-state index contributed by atoms with van der Waals surface area (Å²) in [6, 6.07) is 2.76. The van der Waals surface area contributed by atoms with Crippen molar-refractivity contribution in [2.75, 3.05) is 51.6 Å². The molecule has 0 aliphatic carbocycles. The van der Waals surface area contributed by atoms with Crippen LogP contribution in [0.15, 0.2) is 35.9 Å². The highest BCUT2D eigenvalue weighted by molar-refractivity contribution is 8.77. The number of epoxide rings is 1. The van der Waals surface area contributed by atoms with Gasteiger partial charge in [0.05, 0.1) is 43.0 Å². The summed E-state index contributed by atoms with van der Waals surface area (Å²) in [4.78, 5) is 95.4. The number of aryl methyl sites for hydroxylation is 1. The lowest BCUT2D eigenvalue weighted by molar-refractivity contribution is -0.162. The van der Waals surface area contributed by atoms with Gasteiger partial charge in [0.25, 0.3) is 0 Å². The van der Waals surface area contributed by atoms with E-state index in [9.17, 15) is 38.7 Å². The Morgan fingerprint density at radius 1 is 1.07 bits per heavy atom. The largest absolute Gasteiger partial charge is 0.457 e. The molecule has 4 heterocycles. The van der Waals surface area contributed by atoms with Gasteiger partial charge >= 0.3 is 12.1 Å². The number of aliphatic hydroxyl groups is 1. The smallest absolute Gasteiger partial charge is 0.409 e. The summed E-state index contributed by atoms with van der Waals surface area (Å²) in [7, 11) is 7.84. The molecular formula is C51H73ClN4O13S2. The maximum atomic E-state index is 14.3.